The molecule has 0 atom stereocenters. The number of esters is 1. The van der Waals surface area contributed by atoms with Gasteiger partial charge in [0.2, 0.25) is 0 Å². The van der Waals surface area contributed by atoms with Gasteiger partial charge in [-0.05, 0) is 99.8 Å². The largest absolute Gasteiger partial charge is 0.496 e. The maximum absolute atomic E-state index is 13.7. The highest BCUT2D eigenvalue weighted by atomic mass is 32.2. The van der Waals surface area contributed by atoms with Crippen molar-refractivity contribution in [3.05, 3.63) is 67.8 Å². The van der Waals surface area contributed by atoms with E-state index in [-0.39, 0.29) is 27.7 Å². The third-order valence-corrected chi connectivity index (χ3v) is 10.9. The van der Waals surface area contributed by atoms with Gasteiger partial charge in [-0.15, -0.1) is 11.8 Å². The first-order chi connectivity index (χ1) is 24.2. The van der Waals surface area contributed by atoms with Gasteiger partial charge in [0.15, 0.2) is 11.5 Å². The fraction of sp³-hybridized carbons (Fsp3) is 0.535. The summed E-state index contributed by atoms with van der Waals surface area (Å²) in [6, 6.07) is 4.61. The number of ether oxygens (including phenoxy) is 5. The number of methoxy groups -OCH3 is 3. The molecule has 0 aliphatic rings. The molecule has 0 amide bonds. The van der Waals surface area contributed by atoms with Crippen LogP contribution in [0.4, 0.5) is 0 Å². The number of aromatic carboxylic acids is 1. The van der Waals surface area contributed by atoms with Crippen molar-refractivity contribution in [1.29, 1.82) is 0 Å². The molecule has 286 valence electrons. The van der Waals surface area contributed by atoms with E-state index in [4.69, 9.17) is 23.7 Å². The van der Waals surface area contributed by atoms with Crippen molar-refractivity contribution in [2.75, 3.05) is 33.7 Å². The van der Waals surface area contributed by atoms with Crippen molar-refractivity contribution >= 4 is 23.7 Å². The summed E-state index contributed by atoms with van der Waals surface area (Å²) in [5.41, 5.74) is 6.48. The first-order valence-electron chi connectivity index (χ1n) is 18.0. The van der Waals surface area contributed by atoms with Crippen LogP contribution in [0.1, 0.15) is 132 Å². The summed E-state index contributed by atoms with van der Waals surface area (Å²) in [6.07, 6.45) is 4.19. The van der Waals surface area contributed by atoms with Gasteiger partial charge in [0.05, 0.1) is 33.5 Å². The van der Waals surface area contributed by atoms with Crippen molar-refractivity contribution < 1.29 is 38.4 Å². The summed E-state index contributed by atoms with van der Waals surface area (Å²) in [5, 5.41) is 9.79. The second-order valence-corrected chi connectivity index (χ2v) is 16.8. The van der Waals surface area contributed by atoms with Crippen LogP contribution in [0, 0.1) is 41.5 Å². The molecule has 3 aromatic rings. The Hall–Kier alpha value is -3.85. The van der Waals surface area contributed by atoms with E-state index in [1.165, 1.54) is 23.1 Å². The standard InChI is InChI=1S/C43H60O8S/c1-24-25(2)34(40(44)45)36(47-13)28(5)33(24)41(46)51-38-27(4)26(3)35(29(6)37(38)48-14)50-20-18-16-17-19-21-52-30-22-31(42(7,8)9)39(49-15)32(23-30)43(10,11)12/h22-23H,16-21H2,1-15H3,(H,44,45). The minimum absolute atomic E-state index is 0.0181. The molecule has 1 N–H and O–H groups in total. The number of hydrogen-bond acceptors (Lipinski definition) is 8. The Morgan fingerprint density at radius 1 is 0.596 bits per heavy atom. The lowest BCUT2D eigenvalue weighted by atomic mass is 9.79. The number of carbonyl (C=O) groups is 2. The minimum atomic E-state index is -1.12. The van der Waals surface area contributed by atoms with Gasteiger partial charge in [-0.1, -0.05) is 54.4 Å². The molecule has 0 bridgehead atoms. The van der Waals surface area contributed by atoms with Crippen molar-refractivity contribution in [3.63, 3.8) is 0 Å². The molecule has 0 aromatic heterocycles. The van der Waals surface area contributed by atoms with Gasteiger partial charge in [0.1, 0.15) is 22.8 Å². The SMILES string of the molecule is COc1c(C(C)(C)C)cc(SCCCCCCOc2c(C)c(C)c(OC(=O)c3c(C)c(C)c(C(=O)O)c(OC)c3C)c(OC)c2C)cc1C(C)(C)C. The van der Waals surface area contributed by atoms with Gasteiger partial charge in [0, 0.05) is 32.7 Å². The van der Waals surface area contributed by atoms with Crippen LogP contribution in [0.15, 0.2) is 17.0 Å². The van der Waals surface area contributed by atoms with Crippen LogP contribution >= 0.6 is 11.8 Å². The van der Waals surface area contributed by atoms with Crippen LogP contribution in [0.3, 0.4) is 0 Å². The topological polar surface area (TPSA) is 101 Å². The predicted octanol–water partition coefficient (Wildman–Crippen LogP) is 10.8. The highest BCUT2D eigenvalue weighted by molar-refractivity contribution is 7.99. The quantitative estimate of drug-likeness (QED) is 0.0707. The van der Waals surface area contributed by atoms with Crippen LogP contribution < -0.4 is 23.7 Å². The number of thioether (sulfide) groups is 1. The van der Waals surface area contributed by atoms with Crippen molar-refractivity contribution in [2.45, 2.75) is 124 Å². The monoisotopic (exact) mass is 736 g/mol. The lowest BCUT2D eigenvalue weighted by Gasteiger charge is -2.29. The zero-order valence-electron chi connectivity index (χ0n) is 34.1. The number of unbranched alkanes of at least 4 members (excludes halogenated alkanes) is 3. The predicted molar refractivity (Wildman–Crippen MR) is 211 cm³/mol. The molecule has 3 rings (SSSR count). The lowest BCUT2D eigenvalue weighted by molar-refractivity contribution is 0.0685. The molecule has 9 heteroatoms. The Morgan fingerprint density at radius 2 is 1.10 bits per heavy atom. The summed E-state index contributed by atoms with van der Waals surface area (Å²) in [5.74, 6) is 1.92. The molecule has 0 unspecified atom stereocenters. The average molecular weight is 737 g/mol. The number of hydrogen-bond donors (Lipinski definition) is 1. The Labute approximate surface area is 315 Å². The molecular weight excluding hydrogens is 677 g/mol. The third-order valence-electron chi connectivity index (χ3n) is 9.84. The summed E-state index contributed by atoms with van der Waals surface area (Å²) in [4.78, 5) is 27.0. The van der Waals surface area contributed by atoms with E-state index < -0.39 is 11.9 Å². The molecule has 0 heterocycles. The molecule has 0 spiro atoms. The van der Waals surface area contributed by atoms with Crippen LogP contribution in [0.2, 0.25) is 0 Å². The van der Waals surface area contributed by atoms with Gasteiger partial charge in [0.25, 0.3) is 0 Å². The van der Waals surface area contributed by atoms with E-state index in [1.807, 2.05) is 32.5 Å². The van der Waals surface area contributed by atoms with E-state index in [1.54, 1.807) is 35.0 Å². The van der Waals surface area contributed by atoms with Gasteiger partial charge in [-0.25, -0.2) is 9.59 Å². The van der Waals surface area contributed by atoms with E-state index in [9.17, 15) is 14.7 Å². The Morgan fingerprint density at radius 3 is 1.60 bits per heavy atom. The summed E-state index contributed by atoms with van der Waals surface area (Å²) in [6.45, 7) is 24.8. The molecule has 0 radical (unpaired) electrons. The number of rotatable bonds is 15. The second kappa shape index (κ2) is 17.3. The first-order valence-corrected chi connectivity index (χ1v) is 19.0. The van der Waals surface area contributed by atoms with E-state index in [0.29, 0.717) is 34.8 Å². The van der Waals surface area contributed by atoms with Crippen LogP contribution in [0.25, 0.3) is 0 Å². The molecule has 3 aromatic carbocycles. The molecule has 0 saturated heterocycles. The third kappa shape index (κ3) is 9.20. The molecule has 0 aliphatic heterocycles. The van der Waals surface area contributed by atoms with Crippen LogP contribution in [0.5, 0.6) is 28.7 Å². The van der Waals surface area contributed by atoms with Crippen LogP contribution in [-0.4, -0.2) is 50.7 Å². The maximum Gasteiger partial charge on any atom is 0.344 e. The molecular formula is C43H60O8S. The zero-order valence-corrected chi connectivity index (χ0v) is 34.9. The van der Waals surface area contributed by atoms with Crippen molar-refractivity contribution in [3.8, 4) is 28.7 Å². The summed E-state index contributed by atoms with van der Waals surface area (Å²) in [7, 11) is 4.71. The fourth-order valence-corrected chi connectivity index (χ4v) is 7.67. The molecule has 0 fully saturated rings. The van der Waals surface area contributed by atoms with Crippen molar-refractivity contribution in [1.82, 2.24) is 0 Å². The Bertz CT molecular complexity index is 1760. The van der Waals surface area contributed by atoms with E-state index >= 15 is 0 Å². The smallest absolute Gasteiger partial charge is 0.344 e. The van der Waals surface area contributed by atoms with Gasteiger partial charge < -0.3 is 28.8 Å². The fourth-order valence-electron chi connectivity index (χ4n) is 6.68. The van der Waals surface area contributed by atoms with E-state index in [0.717, 1.165) is 59.6 Å². The van der Waals surface area contributed by atoms with Crippen molar-refractivity contribution in [2.24, 2.45) is 0 Å². The number of carboxylic acids is 1. The van der Waals surface area contributed by atoms with Gasteiger partial charge >= 0.3 is 11.9 Å². The number of carbonyl (C=O) groups excluding carboxylic acids is 1. The summed E-state index contributed by atoms with van der Waals surface area (Å²) < 4.78 is 29.5. The molecule has 8 nitrogen and oxygen atoms in total. The normalized spacial score (nSPS) is 11.8. The minimum Gasteiger partial charge on any atom is -0.496 e. The number of carboxylic acid groups (broad SMARTS) is 1. The average Bonchev–Trinajstić information content (AvgIpc) is 3.06. The Kier molecular flexibility index (Phi) is 14.2. The first kappa shape index (κ1) is 42.6. The highest BCUT2D eigenvalue weighted by Crippen LogP contribution is 2.45. The summed E-state index contributed by atoms with van der Waals surface area (Å²) >= 11 is 1.91. The van der Waals surface area contributed by atoms with Gasteiger partial charge in [-0.3, -0.25) is 0 Å². The maximum atomic E-state index is 13.7. The van der Waals surface area contributed by atoms with E-state index in [2.05, 4.69) is 53.7 Å². The highest BCUT2D eigenvalue weighted by Gasteiger charge is 2.30. The van der Waals surface area contributed by atoms with Gasteiger partial charge in [-0.2, -0.15) is 0 Å². The van der Waals surface area contributed by atoms with Crippen LogP contribution in [-0.2, 0) is 10.8 Å². The zero-order chi connectivity index (χ0) is 39.3. The molecule has 0 saturated carbocycles. The molecule has 0 aliphatic carbocycles. The second-order valence-electron chi connectivity index (χ2n) is 15.6. The molecule has 52 heavy (non-hydrogen) atoms. The lowest BCUT2D eigenvalue weighted by Crippen LogP contribution is -2.19. The number of benzene rings is 3. The Balaban J connectivity index is 1.67.